The molecule has 0 atom stereocenters. The number of ketones is 1. The SMILES string of the molecule is CC(C)(C)C(=O)c1ccsc1S(=O)(=O)O. The van der Waals surface area contributed by atoms with Crippen LogP contribution in [0.15, 0.2) is 15.7 Å². The molecule has 1 aromatic rings. The summed E-state index contributed by atoms with van der Waals surface area (Å²) in [7, 11) is -4.30. The largest absolute Gasteiger partial charge is 0.304 e. The quantitative estimate of drug-likeness (QED) is 0.643. The highest BCUT2D eigenvalue weighted by atomic mass is 32.3. The lowest BCUT2D eigenvalue weighted by atomic mass is 9.88. The van der Waals surface area contributed by atoms with Gasteiger partial charge in [-0.1, -0.05) is 20.8 Å². The van der Waals surface area contributed by atoms with Gasteiger partial charge in [-0.25, -0.2) is 0 Å². The van der Waals surface area contributed by atoms with Gasteiger partial charge in [-0.2, -0.15) is 8.42 Å². The minimum atomic E-state index is -4.30. The molecule has 1 rings (SSSR count). The van der Waals surface area contributed by atoms with E-state index >= 15 is 0 Å². The zero-order valence-electron chi connectivity index (χ0n) is 8.64. The molecule has 84 valence electrons. The Hall–Kier alpha value is -0.720. The van der Waals surface area contributed by atoms with Crippen molar-refractivity contribution in [2.24, 2.45) is 5.41 Å². The molecule has 0 fully saturated rings. The Morgan fingerprint density at radius 3 is 2.33 bits per heavy atom. The summed E-state index contributed by atoms with van der Waals surface area (Å²) >= 11 is 0.842. The molecule has 0 aliphatic carbocycles. The van der Waals surface area contributed by atoms with Gasteiger partial charge in [0.15, 0.2) is 9.99 Å². The minimum Gasteiger partial charge on any atom is -0.294 e. The maximum absolute atomic E-state index is 11.8. The van der Waals surface area contributed by atoms with E-state index in [4.69, 9.17) is 4.55 Å². The van der Waals surface area contributed by atoms with Crippen molar-refractivity contribution in [3.8, 4) is 0 Å². The normalized spacial score (nSPS) is 12.8. The number of rotatable bonds is 2. The Morgan fingerprint density at radius 1 is 1.40 bits per heavy atom. The van der Waals surface area contributed by atoms with Crippen LogP contribution in [0.5, 0.6) is 0 Å². The molecule has 15 heavy (non-hydrogen) atoms. The third-order valence-electron chi connectivity index (χ3n) is 1.79. The van der Waals surface area contributed by atoms with E-state index in [2.05, 4.69) is 0 Å². The van der Waals surface area contributed by atoms with Crippen molar-refractivity contribution in [2.75, 3.05) is 0 Å². The van der Waals surface area contributed by atoms with Crippen LogP contribution in [0.3, 0.4) is 0 Å². The fraction of sp³-hybridized carbons (Fsp3) is 0.444. The van der Waals surface area contributed by atoms with Crippen molar-refractivity contribution in [3.05, 3.63) is 17.0 Å². The van der Waals surface area contributed by atoms with Gasteiger partial charge >= 0.3 is 10.1 Å². The smallest absolute Gasteiger partial charge is 0.294 e. The Morgan fingerprint density at radius 2 is 1.93 bits per heavy atom. The van der Waals surface area contributed by atoms with E-state index in [1.54, 1.807) is 20.8 Å². The van der Waals surface area contributed by atoms with E-state index in [-0.39, 0.29) is 15.6 Å². The Balaban J connectivity index is 3.30. The number of hydrogen-bond acceptors (Lipinski definition) is 4. The third-order valence-corrected chi connectivity index (χ3v) is 4.10. The van der Waals surface area contributed by atoms with E-state index in [0.29, 0.717) is 0 Å². The summed E-state index contributed by atoms with van der Waals surface area (Å²) in [6.07, 6.45) is 0. The van der Waals surface area contributed by atoms with E-state index in [0.717, 1.165) is 11.3 Å². The number of Topliss-reactive ketones (excluding diaryl/α,β-unsaturated/α-hetero) is 1. The molecule has 1 heterocycles. The Bertz CT molecular complexity index is 476. The van der Waals surface area contributed by atoms with Gasteiger partial charge in [-0.05, 0) is 11.4 Å². The highest BCUT2D eigenvalue weighted by molar-refractivity contribution is 7.88. The minimum absolute atomic E-state index is 0.0648. The lowest BCUT2D eigenvalue weighted by Gasteiger charge is -2.15. The molecule has 0 amide bonds. The molecule has 0 unspecified atom stereocenters. The van der Waals surface area contributed by atoms with Crippen molar-refractivity contribution >= 4 is 27.2 Å². The summed E-state index contributed by atoms with van der Waals surface area (Å²) in [5.74, 6) is -0.295. The molecule has 6 heteroatoms. The molecular weight excluding hydrogens is 236 g/mol. The van der Waals surface area contributed by atoms with E-state index in [9.17, 15) is 13.2 Å². The molecule has 0 aliphatic rings. The summed E-state index contributed by atoms with van der Waals surface area (Å²) in [4.78, 5) is 11.8. The van der Waals surface area contributed by atoms with Crippen molar-refractivity contribution in [1.82, 2.24) is 0 Å². The van der Waals surface area contributed by atoms with Crippen LogP contribution in [0.2, 0.25) is 0 Å². The van der Waals surface area contributed by atoms with Gasteiger partial charge in [0.05, 0.1) is 5.56 Å². The monoisotopic (exact) mass is 248 g/mol. The first-order chi connectivity index (χ1) is 6.64. The van der Waals surface area contributed by atoms with Crippen molar-refractivity contribution in [3.63, 3.8) is 0 Å². The fourth-order valence-corrected chi connectivity index (χ4v) is 2.77. The number of carbonyl (C=O) groups is 1. The highest BCUT2D eigenvalue weighted by Crippen LogP contribution is 2.29. The molecule has 0 aromatic carbocycles. The van der Waals surface area contributed by atoms with Gasteiger partial charge in [0, 0.05) is 5.41 Å². The molecule has 0 radical (unpaired) electrons. The third kappa shape index (κ3) is 2.64. The Labute approximate surface area is 92.7 Å². The maximum Gasteiger partial charge on any atom is 0.304 e. The average Bonchev–Trinajstić information content (AvgIpc) is 2.47. The number of carbonyl (C=O) groups excluding carboxylic acids is 1. The van der Waals surface area contributed by atoms with Crippen molar-refractivity contribution < 1.29 is 17.8 Å². The van der Waals surface area contributed by atoms with Gasteiger partial charge in [-0.15, -0.1) is 11.3 Å². The van der Waals surface area contributed by atoms with Crippen LogP contribution >= 0.6 is 11.3 Å². The van der Waals surface area contributed by atoms with Gasteiger partial charge in [0.1, 0.15) is 0 Å². The molecule has 1 aromatic heterocycles. The standard InChI is InChI=1S/C9H12O4S2/c1-9(2,3)7(10)6-4-5-14-8(6)15(11,12)13/h4-5H,1-3H3,(H,11,12,13). The number of hydrogen-bond donors (Lipinski definition) is 1. The van der Waals surface area contributed by atoms with Gasteiger partial charge in [0.2, 0.25) is 0 Å². The zero-order chi connectivity index (χ0) is 11.9. The molecule has 0 bridgehead atoms. The zero-order valence-corrected chi connectivity index (χ0v) is 10.3. The van der Waals surface area contributed by atoms with Crippen LogP contribution in [0.1, 0.15) is 31.1 Å². The first-order valence-corrected chi connectivity index (χ1v) is 6.56. The Kier molecular flexibility index (Phi) is 3.04. The van der Waals surface area contributed by atoms with E-state index < -0.39 is 15.5 Å². The number of thiophene rings is 1. The molecular formula is C9H12O4S2. The van der Waals surface area contributed by atoms with E-state index in [1.165, 1.54) is 11.4 Å². The predicted molar refractivity (Wildman–Crippen MR) is 57.9 cm³/mol. The lowest BCUT2D eigenvalue weighted by Crippen LogP contribution is -2.21. The molecule has 0 aliphatic heterocycles. The first kappa shape index (κ1) is 12.4. The van der Waals surface area contributed by atoms with Gasteiger partial charge in [0.25, 0.3) is 0 Å². The van der Waals surface area contributed by atoms with Crippen molar-refractivity contribution in [1.29, 1.82) is 0 Å². The van der Waals surface area contributed by atoms with Crippen molar-refractivity contribution in [2.45, 2.75) is 25.0 Å². The lowest BCUT2D eigenvalue weighted by molar-refractivity contribution is 0.0855. The second-order valence-electron chi connectivity index (χ2n) is 4.18. The molecule has 0 saturated heterocycles. The topological polar surface area (TPSA) is 71.4 Å². The van der Waals surface area contributed by atoms with E-state index in [1.807, 2.05) is 0 Å². The van der Waals surface area contributed by atoms with Gasteiger partial charge < -0.3 is 0 Å². The summed E-state index contributed by atoms with van der Waals surface area (Å²) in [6.45, 7) is 5.09. The second-order valence-corrected chi connectivity index (χ2v) is 6.71. The van der Waals surface area contributed by atoms with Crippen LogP contribution in [-0.4, -0.2) is 18.8 Å². The fourth-order valence-electron chi connectivity index (χ4n) is 1.07. The van der Waals surface area contributed by atoms with Crippen LogP contribution in [-0.2, 0) is 10.1 Å². The first-order valence-electron chi connectivity index (χ1n) is 4.24. The van der Waals surface area contributed by atoms with Crippen LogP contribution in [0.4, 0.5) is 0 Å². The van der Waals surface area contributed by atoms with Crippen LogP contribution < -0.4 is 0 Å². The summed E-state index contributed by atoms with van der Waals surface area (Å²) < 4.78 is 30.5. The van der Waals surface area contributed by atoms with Crippen LogP contribution in [0.25, 0.3) is 0 Å². The molecule has 4 nitrogen and oxygen atoms in total. The average molecular weight is 248 g/mol. The molecule has 0 saturated carbocycles. The van der Waals surface area contributed by atoms with Gasteiger partial charge in [-0.3, -0.25) is 9.35 Å². The predicted octanol–water partition coefficient (Wildman–Crippen LogP) is 2.22. The summed E-state index contributed by atoms with van der Waals surface area (Å²) in [5.41, 5.74) is -0.601. The molecule has 1 N–H and O–H groups in total. The highest BCUT2D eigenvalue weighted by Gasteiger charge is 2.29. The van der Waals surface area contributed by atoms with Crippen LogP contribution in [0, 0.1) is 5.41 Å². The summed E-state index contributed by atoms with van der Waals surface area (Å²) in [5, 5.41) is 1.47. The second kappa shape index (κ2) is 3.70. The molecule has 0 spiro atoms. The summed E-state index contributed by atoms with van der Waals surface area (Å²) in [6, 6.07) is 1.42. The maximum atomic E-state index is 11.8.